The maximum Gasteiger partial charge on any atom is 0.573 e. The summed E-state index contributed by atoms with van der Waals surface area (Å²) in [7, 11) is 0. The van der Waals surface area contributed by atoms with Gasteiger partial charge in [0.05, 0.1) is 5.69 Å². The smallest absolute Gasteiger partial charge is 0.406 e. The van der Waals surface area contributed by atoms with Crippen LogP contribution in [0.4, 0.5) is 29.5 Å². The minimum Gasteiger partial charge on any atom is -0.406 e. The van der Waals surface area contributed by atoms with Crippen LogP contribution in [0.5, 0.6) is 5.75 Å². The molecule has 1 fully saturated rings. The van der Waals surface area contributed by atoms with Gasteiger partial charge in [-0.3, -0.25) is 4.79 Å². The number of nitrogens with zero attached hydrogens (tertiary/aromatic N) is 4. The lowest BCUT2D eigenvalue weighted by atomic mass is 10.0. The second-order valence-electron chi connectivity index (χ2n) is 7.80. The summed E-state index contributed by atoms with van der Waals surface area (Å²) < 4.78 is 41.0. The fraction of sp³-hybridized carbons (Fsp3) is 0.409. The van der Waals surface area contributed by atoms with E-state index in [1.165, 1.54) is 17.0 Å². The summed E-state index contributed by atoms with van der Waals surface area (Å²) in [5.41, 5.74) is -0.160. The van der Waals surface area contributed by atoms with Crippen LogP contribution >= 0.6 is 0 Å². The molecule has 7 nitrogen and oxygen atoms in total. The maximum absolute atomic E-state index is 13.2. The first kappa shape index (κ1) is 23.4. The van der Waals surface area contributed by atoms with Crippen LogP contribution in [0.15, 0.2) is 42.6 Å². The van der Waals surface area contributed by atoms with E-state index in [4.69, 9.17) is 0 Å². The Morgan fingerprint density at radius 3 is 2.25 bits per heavy atom. The van der Waals surface area contributed by atoms with Crippen LogP contribution in [-0.4, -0.2) is 46.8 Å². The van der Waals surface area contributed by atoms with Gasteiger partial charge in [0.15, 0.2) is 0 Å². The molecule has 10 heteroatoms. The van der Waals surface area contributed by atoms with Gasteiger partial charge in [0, 0.05) is 25.8 Å². The maximum atomic E-state index is 13.2. The molecule has 3 amide bonds. The Balaban J connectivity index is 1.85. The molecule has 0 radical (unpaired) electrons. The number of carbonyl (C=O) groups is 2. The number of carbonyl (C=O) groups excluding carboxylic acids is 2. The number of hydrogen-bond donors (Lipinski definition) is 0. The number of alkyl halides is 3. The van der Waals surface area contributed by atoms with E-state index in [2.05, 4.69) is 14.6 Å². The topological polar surface area (TPSA) is 66.0 Å². The van der Waals surface area contributed by atoms with Gasteiger partial charge in [-0.1, -0.05) is 0 Å². The second-order valence-corrected chi connectivity index (χ2v) is 7.80. The van der Waals surface area contributed by atoms with Gasteiger partial charge in [0.25, 0.3) is 5.91 Å². The fourth-order valence-corrected chi connectivity index (χ4v) is 3.59. The second kappa shape index (κ2) is 8.68. The first-order valence-corrected chi connectivity index (χ1v) is 10.2. The third-order valence-electron chi connectivity index (χ3n) is 5.39. The highest BCUT2D eigenvalue weighted by molar-refractivity contribution is 6.22. The largest absolute Gasteiger partial charge is 0.573 e. The number of urea groups is 1. The molecule has 0 N–H and O–H groups in total. The van der Waals surface area contributed by atoms with Gasteiger partial charge in [0.2, 0.25) is 0 Å². The Labute approximate surface area is 184 Å². The third kappa shape index (κ3) is 4.63. The lowest BCUT2D eigenvalue weighted by molar-refractivity contribution is -0.274. The number of rotatable bonds is 7. The molecule has 0 spiro atoms. The predicted octanol–water partition coefficient (Wildman–Crippen LogP) is 4.57. The van der Waals surface area contributed by atoms with E-state index in [1.807, 2.05) is 19.9 Å². The van der Waals surface area contributed by atoms with Crippen molar-refractivity contribution in [2.45, 2.75) is 46.1 Å². The van der Waals surface area contributed by atoms with E-state index in [-0.39, 0.29) is 12.2 Å². The zero-order chi connectivity index (χ0) is 23.7. The summed E-state index contributed by atoms with van der Waals surface area (Å²) >= 11 is 0. The van der Waals surface area contributed by atoms with Crippen molar-refractivity contribution in [3.8, 4) is 5.75 Å². The van der Waals surface area contributed by atoms with Gasteiger partial charge < -0.3 is 14.5 Å². The van der Waals surface area contributed by atoms with Gasteiger partial charge in [-0.2, -0.15) is 0 Å². The van der Waals surface area contributed by atoms with Gasteiger partial charge in [-0.15, -0.1) is 13.2 Å². The molecular formula is C22H25F3N4O3. The molecule has 172 valence electrons. The van der Waals surface area contributed by atoms with Crippen LogP contribution in [-0.2, 0) is 11.3 Å². The highest BCUT2D eigenvalue weighted by Crippen LogP contribution is 2.34. The quantitative estimate of drug-likeness (QED) is 0.578. The van der Waals surface area contributed by atoms with E-state index in [0.717, 1.165) is 41.5 Å². The van der Waals surface area contributed by atoms with Crippen molar-refractivity contribution < 1.29 is 27.5 Å². The van der Waals surface area contributed by atoms with Crippen LogP contribution in [0.3, 0.4) is 0 Å². The third-order valence-corrected chi connectivity index (χ3v) is 5.39. The van der Waals surface area contributed by atoms with Gasteiger partial charge in [-0.05, 0) is 69.7 Å². The van der Waals surface area contributed by atoms with Crippen molar-refractivity contribution in [3.05, 3.63) is 48.2 Å². The summed E-state index contributed by atoms with van der Waals surface area (Å²) in [6.07, 6.45) is -3.16. The molecule has 0 aliphatic carbocycles. The predicted molar refractivity (Wildman–Crippen MR) is 113 cm³/mol. The van der Waals surface area contributed by atoms with Crippen LogP contribution in [0, 0.1) is 0 Å². The molecule has 0 saturated carbocycles. The monoisotopic (exact) mass is 450 g/mol. The molecule has 32 heavy (non-hydrogen) atoms. The minimum absolute atomic E-state index is 0.170. The molecule has 1 aliphatic rings. The summed E-state index contributed by atoms with van der Waals surface area (Å²) in [5, 5.41) is 0. The van der Waals surface area contributed by atoms with Crippen LogP contribution < -0.4 is 14.5 Å². The van der Waals surface area contributed by atoms with Crippen molar-refractivity contribution in [1.82, 2.24) is 9.88 Å². The molecule has 1 aromatic heterocycles. The highest BCUT2D eigenvalue weighted by Gasteiger charge is 2.51. The molecule has 0 bridgehead atoms. The number of halogens is 3. The number of imide groups is 1. The molecule has 2 heterocycles. The first-order valence-electron chi connectivity index (χ1n) is 10.2. The van der Waals surface area contributed by atoms with Gasteiger partial charge in [-0.25, -0.2) is 14.7 Å². The highest BCUT2D eigenvalue weighted by atomic mass is 19.4. The van der Waals surface area contributed by atoms with Gasteiger partial charge in [0.1, 0.15) is 17.1 Å². The van der Waals surface area contributed by atoms with E-state index in [0.29, 0.717) is 0 Å². The lowest BCUT2D eigenvalue weighted by Gasteiger charge is -2.28. The number of anilines is 2. The molecule has 1 aliphatic heterocycles. The zero-order valence-electron chi connectivity index (χ0n) is 18.3. The Kier molecular flexibility index (Phi) is 6.34. The Morgan fingerprint density at radius 2 is 1.69 bits per heavy atom. The Hall–Kier alpha value is -3.30. The Bertz CT molecular complexity index is 989. The van der Waals surface area contributed by atoms with Crippen LogP contribution in [0.1, 0.15) is 33.3 Å². The number of pyridine rings is 1. The summed E-state index contributed by atoms with van der Waals surface area (Å²) in [6.45, 7) is 9.06. The van der Waals surface area contributed by atoms with E-state index in [1.54, 1.807) is 26.1 Å². The van der Waals surface area contributed by atoms with E-state index < -0.39 is 29.6 Å². The number of aromatic nitrogens is 1. The molecule has 1 aromatic carbocycles. The molecule has 1 saturated heterocycles. The van der Waals surface area contributed by atoms with Crippen molar-refractivity contribution in [2.75, 3.05) is 22.9 Å². The average Bonchev–Trinajstić information content (AvgIpc) is 2.88. The lowest BCUT2D eigenvalue weighted by Crippen LogP contribution is -2.43. The number of benzene rings is 1. The molecule has 3 rings (SSSR count). The molecular weight excluding hydrogens is 425 g/mol. The zero-order valence-corrected chi connectivity index (χ0v) is 18.3. The van der Waals surface area contributed by atoms with E-state index >= 15 is 0 Å². The SMILES string of the molecule is CCN(CC)c1cc(CN2C(=O)N(c3ccc(OC(F)(F)F)cc3)C(=O)C2(C)C)ccn1. The number of ether oxygens (including phenoxy) is 1. The molecule has 2 aromatic rings. The number of amides is 3. The molecule has 0 atom stereocenters. The van der Waals surface area contributed by atoms with Crippen LogP contribution in [0.25, 0.3) is 0 Å². The summed E-state index contributed by atoms with van der Waals surface area (Å²) in [5.74, 6) is -0.123. The van der Waals surface area contributed by atoms with Gasteiger partial charge >= 0.3 is 12.4 Å². The van der Waals surface area contributed by atoms with Crippen molar-refractivity contribution in [1.29, 1.82) is 0 Å². The number of hydrogen-bond acceptors (Lipinski definition) is 5. The Morgan fingerprint density at radius 1 is 1.06 bits per heavy atom. The first-order chi connectivity index (χ1) is 15.0. The average molecular weight is 450 g/mol. The van der Waals surface area contributed by atoms with Crippen LogP contribution in [0.2, 0.25) is 0 Å². The standard InChI is InChI=1S/C22H25F3N4O3/c1-5-27(6-2)18-13-15(11-12-26-18)14-28-20(31)29(19(30)21(28,3)4)16-7-9-17(10-8-16)32-22(23,24)25/h7-13H,5-6,14H2,1-4H3. The van der Waals surface area contributed by atoms with Crippen molar-refractivity contribution in [3.63, 3.8) is 0 Å². The van der Waals surface area contributed by atoms with Crippen molar-refractivity contribution in [2.24, 2.45) is 0 Å². The van der Waals surface area contributed by atoms with E-state index in [9.17, 15) is 22.8 Å². The normalized spacial score (nSPS) is 16.0. The fourth-order valence-electron chi connectivity index (χ4n) is 3.59. The summed E-state index contributed by atoms with van der Waals surface area (Å²) in [4.78, 5) is 35.1. The van der Waals surface area contributed by atoms with Crippen molar-refractivity contribution >= 4 is 23.4 Å². The summed E-state index contributed by atoms with van der Waals surface area (Å²) in [6, 6.07) is 7.75. The molecule has 0 unspecified atom stereocenters. The minimum atomic E-state index is -4.83.